The second-order valence-corrected chi connectivity index (χ2v) is 10.4. The molecule has 1 atom stereocenters. The minimum Gasteiger partial charge on any atom is -0.382 e. The van der Waals surface area contributed by atoms with Crippen LogP contribution >= 0.6 is 0 Å². The van der Waals surface area contributed by atoms with Crippen molar-refractivity contribution >= 4 is 28.2 Å². The zero-order valence-electron chi connectivity index (χ0n) is 23.2. The van der Waals surface area contributed by atoms with E-state index in [0.29, 0.717) is 57.4 Å². The van der Waals surface area contributed by atoms with Crippen LogP contribution in [-0.4, -0.2) is 25.9 Å². The highest BCUT2D eigenvalue weighted by molar-refractivity contribution is 5.85. The normalized spacial score (nSPS) is 11.9. The highest BCUT2D eigenvalue weighted by atomic mass is 16.1. The molecule has 8 nitrogen and oxygen atoms in total. The lowest BCUT2D eigenvalue weighted by molar-refractivity contribution is 0.571. The molecule has 4 N–H and O–H groups in total. The maximum atomic E-state index is 14.1. The summed E-state index contributed by atoms with van der Waals surface area (Å²) in [7, 11) is 1.81. The van der Waals surface area contributed by atoms with Crippen molar-refractivity contribution in [3.05, 3.63) is 95.1 Å². The third-order valence-corrected chi connectivity index (χ3v) is 6.08. The monoisotopic (exact) mass is 521 g/mol. The van der Waals surface area contributed by atoms with Gasteiger partial charge in [-0.15, -0.1) is 6.58 Å². The first-order valence-corrected chi connectivity index (χ1v) is 12.8. The highest BCUT2D eigenvalue weighted by Crippen LogP contribution is 2.29. The van der Waals surface area contributed by atoms with Crippen LogP contribution in [0.5, 0.6) is 0 Å². The van der Waals surface area contributed by atoms with E-state index >= 15 is 0 Å². The Kier molecular flexibility index (Phi) is 7.63. The fraction of sp³-hybridized carbons (Fsp3) is 0.258. The van der Waals surface area contributed by atoms with Gasteiger partial charge in [0.1, 0.15) is 11.6 Å². The fourth-order valence-corrected chi connectivity index (χ4v) is 4.34. The number of anilines is 2. The molecule has 0 fully saturated rings. The Morgan fingerprint density at radius 2 is 1.90 bits per heavy atom. The van der Waals surface area contributed by atoms with Crippen LogP contribution in [0.3, 0.4) is 0 Å². The number of hydrogen-bond acceptors (Lipinski definition) is 6. The third-order valence-electron chi connectivity index (χ3n) is 6.08. The number of hydrogen-bond donors (Lipinski definition) is 3. The molecule has 0 amide bonds. The van der Waals surface area contributed by atoms with Crippen molar-refractivity contribution in [1.29, 1.82) is 0 Å². The molecule has 0 spiro atoms. The van der Waals surface area contributed by atoms with Crippen molar-refractivity contribution in [2.75, 3.05) is 17.6 Å². The van der Waals surface area contributed by atoms with Gasteiger partial charge in [-0.1, -0.05) is 48.8 Å². The van der Waals surface area contributed by atoms with Crippen LogP contribution in [0.25, 0.3) is 22.3 Å². The Balaban J connectivity index is 1.86. The first-order valence-electron chi connectivity index (χ1n) is 12.8. The number of nitrogens with two attached hydrogens (primary N) is 1. The Hall–Kier alpha value is -4.77. The van der Waals surface area contributed by atoms with Gasteiger partial charge in [0, 0.05) is 30.3 Å². The van der Waals surface area contributed by atoms with Crippen LogP contribution in [0, 0.1) is 17.3 Å². The van der Waals surface area contributed by atoms with Gasteiger partial charge in [-0.05, 0) is 52.0 Å². The van der Waals surface area contributed by atoms with Gasteiger partial charge >= 0.3 is 0 Å². The topological polar surface area (TPSA) is 103 Å². The fourth-order valence-electron chi connectivity index (χ4n) is 4.34. The minimum atomic E-state index is -0.411. The van der Waals surface area contributed by atoms with E-state index in [1.54, 1.807) is 22.4 Å². The van der Waals surface area contributed by atoms with E-state index in [1.165, 1.54) is 0 Å². The van der Waals surface area contributed by atoms with Crippen molar-refractivity contribution in [1.82, 2.24) is 24.6 Å². The summed E-state index contributed by atoms with van der Waals surface area (Å²) in [6.45, 7) is 16.6. The molecule has 4 aromatic rings. The molecule has 2 heterocycles. The summed E-state index contributed by atoms with van der Waals surface area (Å²) in [5, 5.41) is 11.5. The summed E-state index contributed by atoms with van der Waals surface area (Å²) in [6, 6.07) is 14.7. The van der Waals surface area contributed by atoms with Gasteiger partial charge in [-0.2, -0.15) is 5.10 Å². The van der Waals surface area contributed by atoms with Crippen LogP contribution in [-0.2, 0) is 7.05 Å². The lowest BCUT2D eigenvalue weighted by atomic mass is 9.97. The smallest absolute Gasteiger partial charge is 0.267 e. The molecule has 200 valence electrons. The Labute approximate surface area is 229 Å². The zero-order valence-corrected chi connectivity index (χ0v) is 23.2. The molecule has 0 saturated heterocycles. The number of rotatable bonds is 8. The van der Waals surface area contributed by atoms with E-state index in [2.05, 4.69) is 40.7 Å². The van der Waals surface area contributed by atoms with E-state index in [9.17, 15) is 4.79 Å². The van der Waals surface area contributed by atoms with Crippen molar-refractivity contribution < 1.29 is 0 Å². The molecule has 0 saturated carbocycles. The maximum absolute atomic E-state index is 14.1. The number of nitrogens with one attached hydrogen (secondary N) is 2. The molecule has 0 aliphatic carbocycles. The molecule has 0 aliphatic rings. The van der Waals surface area contributed by atoms with Crippen LogP contribution in [0.2, 0.25) is 0 Å². The first kappa shape index (κ1) is 27.3. The molecule has 0 bridgehead atoms. The summed E-state index contributed by atoms with van der Waals surface area (Å²) >= 11 is 0. The number of aromatic nitrogens is 4. The van der Waals surface area contributed by atoms with Gasteiger partial charge in [-0.3, -0.25) is 14.0 Å². The predicted octanol–water partition coefficient (Wildman–Crippen LogP) is 5.02. The predicted molar refractivity (Wildman–Crippen MR) is 161 cm³/mol. The van der Waals surface area contributed by atoms with Gasteiger partial charge in [-0.25, -0.2) is 4.98 Å². The quantitative estimate of drug-likeness (QED) is 0.222. The highest BCUT2D eigenvalue weighted by Gasteiger charge is 2.23. The number of aryl methyl sites for hydroxylation is 1. The summed E-state index contributed by atoms with van der Waals surface area (Å²) < 4.78 is 3.30. The van der Waals surface area contributed by atoms with Crippen LogP contribution in [0.1, 0.15) is 50.7 Å². The van der Waals surface area contributed by atoms with Gasteiger partial charge in [0.25, 0.3) is 5.56 Å². The van der Waals surface area contributed by atoms with E-state index in [1.807, 2.05) is 76.2 Å². The standard InChI is InChI=1S/C31H35N7O/c1-8-19-33-29-25(27(32)36-37(29)7)20(2)34-21(3)28-35-24-16-12-13-22(17-18-31(4,5)6)26(24)30(39)38(28)23-14-10-9-11-15-23/h8-16,21,33-34H,1-2,19H2,3-7H3,(H2,32,36). The summed E-state index contributed by atoms with van der Waals surface area (Å²) in [5.41, 5.74) is 9.00. The molecule has 2 aromatic heterocycles. The SMILES string of the molecule is C=CCNc1c(C(=C)NC(C)c2nc3cccc(C#CC(C)(C)C)c3c(=O)n2-c2ccccc2)c(N)nn1C. The average molecular weight is 522 g/mol. The van der Waals surface area contributed by atoms with Crippen molar-refractivity contribution in [3.8, 4) is 17.5 Å². The van der Waals surface area contributed by atoms with Crippen LogP contribution in [0.15, 0.2) is 72.6 Å². The van der Waals surface area contributed by atoms with E-state index in [-0.39, 0.29) is 11.0 Å². The molecule has 1 unspecified atom stereocenters. The van der Waals surface area contributed by atoms with Crippen LogP contribution in [0.4, 0.5) is 11.6 Å². The molecule has 2 aromatic carbocycles. The Morgan fingerprint density at radius 3 is 2.56 bits per heavy atom. The zero-order chi connectivity index (χ0) is 28.3. The molecule has 39 heavy (non-hydrogen) atoms. The number of fused-ring (bicyclic) bond motifs is 1. The number of benzene rings is 2. The first-order chi connectivity index (χ1) is 18.5. The van der Waals surface area contributed by atoms with E-state index < -0.39 is 6.04 Å². The largest absolute Gasteiger partial charge is 0.382 e. The maximum Gasteiger partial charge on any atom is 0.267 e. The minimum absolute atomic E-state index is 0.187. The summed E-state index contributed by atoms with van der Waals surface area (Å²) in [4.78, 5) is 19.1. The second-order valence-electron chi connectivity index (χ2n) is 10.4. The summed E-state index contributed by atoms with van der Waals surface area (Å²) in [5.74, 6) is 8.04. The molecule has 4 rings (SSSR count). The van der Waals surface area contributed by atoms with Gasteiger partial charge < -0.3 is 16.4 Å². The second kappa shape index (κ2) is 10.9. The third kappa shape index (κ3) is 5.73. The van der Waals surface area contributed by atoms with Gasteiger partial charge in [0.05, 0.1) is 28.2 Å². The number of nitrogen functional groups attached to an aromatic ring is 1. The lowest BCUT2D eigenvalue weighted by Crippen LogP contribution is -2.30. The number of nitrogens with zero attached hydrogens (tertiary/aromatic N) is 4. The van der Waals surface area contributed by atoms with Gasteiger partial charge in [0.2, 0.25) is 0 Å². The lowest BCUT2D eigenvalue weighted by Gasteiger charge is -2.22. The van der Waals surface area contributed by atoms with Crippen molar-refractivity contribution in [3.63, 3.8) is 0 Å². The molecule has 8 heteroatoms. The van der Waals surface area contributed by atoms with E-state index in [4.69, 9.17) is 10.7 Å². The molecular formula is C31H35N7O. The number of para-hydroxylation sites is 1. The Morgan fingerprint density at radius 1 is 1.18 bits per heavy atom. The molecule has 0 aliphatic heterocycles. The molecular weight excluding hydrogens is 486 g/mol. The van der Waals surface area contributed by atoms with Crippen LogP contribution < -0.4 is 21.9 Å². The average Bonchev–Trinajstić information content (AvgIpc) is 3.18. The van der Waals surface area contributed by atoms with Crippen molar-refractivity contribution in [2.24, 2.45) is 12.5 Å². The molecule has 0 radical (unpaired) electrons. The van der Waals surface area contributed by atoms with Gasteiger partial charge in [0.15, 0.2) is 5.82 Å². The van der Waals surface area contributed by atoms with E-state index in [0.717, 1.165) is 0 Å². The van der Waals surface area contributed by atoms with Crippen molar-refractivity contribution in [2.45, 2.75) is 33.7 Å². The summed E-state index contributed by atoms with van der Waals surface area (Å²) in [6.07, 6.45) is 1.75. The Bertz CT molecular complexity index is 1660.